The third kappa shape index (κ3) is 4.24. The summed E-state index contributed by atoms with van der Waals surface area (Å²) in [6.45, 7) is 2.93. The molecule has 6 heteroatoms. The van der Waals surface area contributed by atoms with E-state index in [2.05, 4.69) is 22.4 Å². The first-order valence-corrected chi connectivity index (χ1v) is 6.35. The van der Waals surface area contributed by atoms with Crippen LogP contribution in [-0.4, -0.2) is 29.7 Å². The molecule has 106 valence electrons. The van der Waals surface area contributed by atoms with Crippen molar-refractivity contribution in [2.24, 2.45) is 4.99 Å². The van der Waals surface area contributed by atoms with Crippen molar-refractivity contribution < 1.29 is 19.4 Å². The lowest BCUT2D eigenvalue weighted by atomic mass is 10.1. The number of aliphatic imine (C=N–C) groups is 1. The maximum atomic E-state index is 11.5. The van der Waals surface area contributed by atoms with Crippen molar-refractivity contribution in [1.29, 1.82) is 0 Å². The number of benzene rings is 1. The Balaban J connectivity index is 3.11. The average Bonchev–Trinajstić information content (AvgIpc) is 2.40. The van der Waals surface area contributed by atoms with Crippen molar-refractivity contribution in [3.8, 4) is 0 Å². The number of ketones is 1. The van der Waals surface area contributed by atoms with Crippen LogP contribution in [0.5, 0.6) is 0 Å². The third-order valence-electron chi connectivity index (χ3n) is 2.32. The van der Waals surface area contributed by atoms with Gasteiger partial charge in [0.2, 0.25) is 5.76 Å². The topological polar surface area (TPSA) is 76.0 Å². The Bertz CT molecular complexity index is 578. The quantitative estimate of drug-likeness (QED) is 0.288. The fourth-order valence-corrected chi connectivity index (χ4v) is 1.55. The first kappa shape index (κ1) is 16.0. The minimum atomic E-state index is -0.955. The van der Waals surface area contributed by atoms with Gasteiger partial charge in [0.1, 0.15) is 0 Å². The van der Waals surface area contributed by atoms with E-state index in [1.165, 1.54) is 6.92 Å². The number of allylic oxidation sites excluding steroid dienone is 1. The fourth-order valence-electron chi connectivity index (χ4n) is 1.34. The molecule has 0 heterocycles. The van der Waals surface area contributed by atoms with Crippen LogP contribution in [0.3, 0.4) is 0 Å². The van der Waals surface area contributed by atoms with E-state index >= 15 is 0 Å². The maximum Gasteiger partial charge on any atom is 0.374 e. The number of carbonyl (C=O) groups is 2. The molecule has 0 saturated carbocycles. The SMILES string of the molecule is CCOC(=O)/C(O)=C(\C=Nc1ccccc1S)C(C)=O. The van der Waals surface area contributed by atoms with Crippen LogP contribution in [0.1, 0.15) is 13.8 Å². The van der Waals surface area contributed by atoms with Gasteiger partial charge in [-0.05, 0) is 26.0 Å². The van der Waals surface area contributed by atoms with Gasteiger partial charge in [-0.15, -0.1) is 12.6 Å². The molecule has 0 aliphatic heterocycles. The molecule has 0 saturated heterocycles. The first-order chi connectivity index (χ1) is 9.47. The molecule has 0 unspecified atom stereocenters. The summed E-state index contributed by atoms with van der Waals surface area (Å²) in [6.07, 6.45) is 1.13. The highest BCUT2D eigenvalue weighted by Gasteiger charge is 2.17. The molecule has 5 nitrogen and oxygen atoms in total. The van der Waals surface area contributed by atoms with E-state index < -0.39 is 17.5 Å². The van der Waals surface area contributed by atoms with Crippen LogP contribution in [0.25, 0.3) is 0 Å². The Morgan fingerprint density at radius 3 is 2.60 bits per heavy atom. The van der Waals surface area contributed by atoms with Crippen LogP contribution in [0.15, 0.2) is 45.5 Å². The lowest BCUT2D eigenvalue weighted by molar-refractivity contribution is -0.141. The molecule has 0 spiro atoms. The number of Topliss-reactive ketones (excluding diaryl/α,β-unsaturated/α-hetero) is 1. The molecule has 1 N–H and O–H groups in total. The predicted molar refractivity (Wildman–Crippen MR) is 78.8 cm³/mol. The van der Waals surface area contributed by atoms with Crippen molar-refractivity contribution in [2.75, 3.05) is 6.61 Å². The summed E-state index contributed by atoms with van der Waals surface area (Å²) in [5, 5.41) is 9.70. The highest BCUT2D eigenvalue weighted by molar-refractivity contribution is 7.80. The zero-order chi connectivity index (χ0) is 15.1. The number of thiol groups is 1. The van der Waals surface area contributed by atoms with Gasteiger partial charge >= 0.3 is 5.97 Å². The van der Waals surface area contributed by atoms with Crippen LogP contribution in [-0.2, 0) is 14.3 Å². The standard InChI is InChI=1S/C14H15NO4S/c1-3-19-14(18)13(17)10(9(2)16)8-15-11-6-4-5-7-12(11)20/h4-8,17,20H,3H2,1-2H3/b13-10-,15-8?. The summed E-state index contributed by atoms with van der Waals surface area (Å²) in [7, 11) is 0. The molecule has 0 bridgehead atoms. The number of para-hydroxylation sites is 1. The summed E-state index contributed by atoms with van der Waals surface area (Å²) in [5.41, 5.74) is 0.311. The van der Waals surface area contributed by atoms with Gasteiger partial charge in [0.25, 0.3) is 0 Å². The van der Waals surface area contributed by atoms with Crippen LogP contribution < -0.4 is 0 Å². The fraction of sp³-hybridized carbons (Fsp3) is 0.214. The number of ether oxygens (including phenoxy) is 1. The van der Waals surface area contributed by atoms with Crippen molar-refractivity contribution in [2.45, 2.75) is 18.7 Å². The lowest BCUT2D eigenvalue weighted by Crippen LogP contribution is -2.13. The second-order valence-electron chi connectivity index (χ2n) is 3.79. The summed E-state index contributed by atoms with van der Waals surface area (Å²) in [5.74, 6) is -2.20. The minimum Gasteiger partial charge on any atom is -0.501 e. The smallest absolute Gasteiger partial charge is 0.374 e. The lowest BCUT2D eigenvalue weighted by Gasteiger charge is -2.04. The Hall–Kier alpha value is -2.08. The molecule has 0 amide bonds. The molecule has 0 aliphatic rings. The third-order valence-corrected chi connectivity index (χ3v) is 2.70. The Kier molecular flexibility index (Phi) is 5.99. The predicted octanol–water partition coefficient (Wildman–Crippen LogP) is 2.64. The number of hydrogen-bond donors (Lipinski definition) is 2. The zero-order valence-corrected chi connectivity index (χ0v) is 12.1. The van der Waals surface area contributed by atoms with Gasteiger partial charge in [0.05, 0.1) is 17.9 Å². The van der Waals surface area contributed by atoms with E-state index in [4.69, 9.17) is 0 Å². The average molecular weight is 293 g/mol. The van der Waals surface area contributed by atoms with E-state index in [0.29, 0.717) is 10.6 Å². The first-order valence-electron chi connectivity index (χ1n) is 5.90. The van der Waals surface area contributed by atoms with Gasteiger partial charge in [-0.3, -0.25) is 9.79 Å². The second kappa shape index (κ2) is 7.49. The largest absolute Gasteiger partial charge is 0.501 e. The number of rotatable bonds is 5. The molecule has 0 radical (unpaired) electrons. The number of aliphatic hydroxyl groups is 1. The van der Waals surface area contributed by atoms with Crippen molar-refractivity contribution >= 4 is 36.3 Å². The van der Waals surface area contributed by atoms with E-state index in [0.717, 1.165) is 6.21 Å². The van der Waals surface area contributed by atoms with Gasteiger partial charge in [-0.1, -0.05) is 12.1 Å². The maximum absolute atomic E-state index is 11.5. The van der Waals surface area contributed by atoms with E-state index in [9.17, 15) is 14.7 Å². The molecule has 0 aliphatic carbocycles. The van der Waals surface area contributed by atoms with Gasteiger partial charge < -0.3 is 9.84 Å². The van der Waals surface area contributed by atoms with Gasteiger partial charge in [0, 0.05) is 11.1 Å². The van der Waals surface area contributed by atoms with E-state index in [-0.39, 0.29) is 12.2 Å². The summed E-state index contributed by atoms with van der Waals surface area (Å²) >= 11 is 4.21. The molecule has 1 rings (SSSR count). The number of esters is 1. The molecule has 20 heavy (non-hydrogen) atoms. The van der Waals surface area contributed by atoms with Gasteiger partial charge in [-0.2, -0.15) is 0 Å². The molecule has 1 aromatic rings. The zero-order valence-electron chi connectivity index (χ0n) is 11.2. The Morgan fingerprint density at radius 2 is 2.05 bits per heavy atom. The molecule has 1 aromatic carbocycles. The van der Waals surface area contributed by atoms with Crippen molar-refractivity contribution in [3.63, 3.8) is 0 Å². The monoisotopic (exact) mass is 293 g/mol. The van der Waals surface area contributed by atoms with Crippen molar-refractivity contribution in [3.05, 3.63) is 35.6 Å². The Labute approximate surface area is 122 Å². The molecular formula is C14H15NO4S. The van der Waals surface area contributed by atoms with Gasteiger partial charge in [0.15, 0.2) is 5.78 Å². The molecule has 0 aromatic heterocycles. The highest BCUT2D eigenvalue weighted by atomic mass is 32.1. The minimum absolute atomic E-state index is 0.102. The highest BCUT2D eigenvalue weighted by Crippen LogP contribution is 2.22. The number of carbonyl (C=O) groups excluding carboxylic acids is 2. The molecule has 0 fully saturated rings. The van der Waals surface area contributed by atoms with Gasteiger partial charge in [-0.25, -0.2) is 4.79 Å². The second-order valence-corrected chi connectivity index (χ2v) is 4.27. The van der Waals surface area contributed by atoms with Crippen LogP contribution in [0.2, 0.25) is 0 Å². The summed E-state index contributed by atoms with van der Waals surface area (Å²) in [6, 6.07) is 6.98. The van der Waals surface area contributed by atoms with Crippen LogP contribution in [0.4, 0.5) is 5.69 Å². The number of aliphatic hydroxyl groups excluding tert-OH is 1. The van der Waals surface area contributed by atoms with E-state index in [1.807, 2.05) is 0 Å². The number of hydrogen-bond acceptors (Lipinski definition) is 6. The molecule has 0 atom stereocenters. The van der Waals surface area contributed by atoms with Crippen LogP contribution in [0, 0.1) is 0 Å². The molecular weight excluding hydrogens is 278 g/mol. The normalized spacial score (nSPS) is 12.2. The Morgan fingerprint density at radius 1 is 1.40 bits per heavy atom. The van der Waals surface area contributed by atoms with E-state index in [1.54, 1.807) is 31.2 Å². The number of nitrogens with zero attached hydrogens (tertiary/aromatic N) is 1. The summed E-state index contributed by atoms with van der Waals surface area (Å²) in [4.78, 5) is 27.5. The van der Waals surface area contributed by atoms with Crippen molar-refractivity contribution in [1.82, 2.24) is 0 Å². The van der Waals surface area contributed by atoms with Crippen LogP contribution >= 0.6 is 12.6 Å². The summed E-state index contributed by atoms with van der Waals surface area (Å²) < 4.78 is 4.63.